The summed E-state index contributed by atoms with van der Waals surface area (Å²) in [5, 5.41) is 11.0. The first-order valence-corrected chi connectivity index (χ1v) is 9.33. The van der Waals surface area contributed by atoms with E-state index in [1.54, 1.807) is 4.90 Å². The van der Waals surface area contributed by atoms with Gasteiger partial charge in [-0.3, -0.25) is 4.79 Å². The third-order valence-electron chi connectivity index (χ3n) is 5.01. The molecule has 2 aliphatic rings. The Bertz CT molecular complexity index is 803. The highest BCUT2D eigenvalue weighted by molar-refractivity contribution is 5.82. The zero-order valence-corrected chi connectivity index (χ0v) is 15.1. The van der Waals surface area contributed by atoms with Crippen molar-refractivity contribution in [3.63, 3.8) is 0 Å². The Labute approximate surface area is 157 Å². The van der Waals surface area contributed by atoms with E-state index in [-0.39, 0.29) is 25.1 Å². The molecule has 4 rings (SSSR count). The summed E-state index contributed by atoms with van der Waals surface area (Å²) in [6, 6.07) is 9.57. The number of likely N-dealkylation sites (tertiary alicyclic amines) is 1. The molecule has 8 nitrogen and oxygen atoms in total. The van der Waals surface area contributed by atoms with Gasteiger partial charge in [0.1, 0.15) is 13.2 Å². The molecule has 1 N–H and O–H groups in total. The van der Waals surface area contributed by atoms with E-state index in [0.29, 0.717) is 19.0 Å². The smallest absolute Gasteiger partial charge is 0.407 e. The van der Waals surface area contributed by atoms with Crippen LogP contribution in [0.2, 0.25) is 0 Å². The number of nitrogens with zero attached hydrogens (tertiary/aromatic N) is 4. The van der Waals surface area contributed by atoms with Gasteiger partial charge < -0.3 is 15.0 Å². The zero-order chi connectivity index (χ0) is 18.6. The van der Waals surface area contributed by atoms with Crippen LogP contribution < -0.4 is 5.32 Å². The number of carbonyl (C=O) groups is 2. The SMILES string of the molecule is O=C(NCC(=O)N1CCC(n2cc(C3CC3)nn2)C1)OCc1ccccc1. The van der Waals surface area contributed by atoms with Crippen LogP contribution in [-0.2, 0) is 16.1 Å². The Kier molecular flexibility index (Phi) is 5.04. The summed E-state index contributed by atoms with van der Waals surface area (Å²) in [4.78, 5) is 25.9. The fraction of sp³-hybridized carbons (Fsp3) is 0.474. The second-order valence-electron chi connectivity index (χ2n) is 7.10. The van der Waals surface area contributed by atoms with Crippen LogP contribution in [0.3, 0.4) is 0 Å². The lowest BCUT2D eigenvalue weighted by Crippen LogP contribution is -2.39. The van der Waals surface area contributed by atoms with Gasteiger partial charge in [0, 0.05) is 25.2 Å². The van der Waals surface area contributed by atoms with Crippen LogP contribution in [0.15, 0.2) is 36.5 Å². The minimum atomic E-state index is -0.590. The number of rotatable bonds is 6. The Morgan fingerprint density at radius 3 is 2.78 bits per heavy atom. The van der Waals surface area contributed by atoms with Crippen molar-refractivity contribution < 1.29 is 14.3 Å². The summed E-state index contributed by atoms with van der Waals surface area (Å²) in [7, 11) is 0. The van der Waals surface area contributed by atoms with Crippen LogP contribution in [-0.4, -0.2) is 51.5 Å². The van der Waals surface area contributed by atoms with Crippen LogP contribution in [0.1, 0.15) is 42.5 Å². The molecule has 27 heavy (non-hydrogen) atoms. The average molecular weight is 369 g/mol. The number of carbonyl (C=O) groups excluding carboxylic acids is 2. The lowest BCUT2D eigenvalue weighted by Gasteiger charge is -2.16. The Morgan fingerprint density at radius 1 is 1.19 bits per heavy atom. The van der Waals surface area contributed by atoms with Gasteiger partial charge in [0.15, 0.2) is 0 Å². The summed E-state index contributed by atoms with van der Waals surface area (Å²) in [6.07, 6.45) is 4.65. The molecule has 1 aliphatic carbocycles. The highest BCUT2D eigenvalue weighted by atomic mass is 16.5. The van der Waals surface area contributed by atoms with Gasteiger partial charge in [0.05, 0.1) is 11.7 Å². The van der Waals surface area contributed by atoms with Crippen molar-refractivity contribution in [2.45, 2.75) is 37.8 Å². The molecular formula is C19H23N5O3. The minimum absolute atomic E-state index is 0.0645. The van der Waals surface area contributed by atoms with E-state index < -0.39 is 6.09 Å². The first-order valence-electron chi connectivity index (χ1n) is 9.33. The highest BCUT2D eigenvalue weighted by Gasteiger charge is 2.31. The third-order valence-corrected chi connectivity index (χ3v) is 5.01. The van der Waals surface area contributed by atoms with Crippen molar-refractivity contribution >= 4 is 12.0 Å². The fourth-order valence-electron chi connectivity index (χ4n) is 3.25. The summed E-state index contributed by atoms with van der Waals surface area (Å²) in [5.74, 6) is 0.459. The number of nitrogens with one attached hydrogen (secondary N) is 1. The number of hydrogen-bond acceptors (Lipinski definition) is 5. The van der Waals surface area contributed by atoms with Crippen molar-refractivity contribution in [1.29, 1.82) is 0 Å². The maximum absolute atomic E-state index is 12.3. The lowest BCUT2D eigenvalue weighted by molar-refractivity contribution is -0.129. The molecule has 8 heteroatoms. The number of benzene rings is 1. The molecule has 1 saturated heterocycles. The van der Waals surface area contributed by atoms with Crippen molar-refractivity contribution in [3.8, 4) is 0 Å². The predicted molar refractivity (Wildman–Crippen MR) is 96.9 cm³/mol. The van der Waals surface area contributed by atoms with Gasteiger partial charge in [-0.2, -0.15) is 0 Å². The number of ether oxygens (including phenoxy) is 1. The largest absolute Gasteiger partial charge is 0.445 e. The Balaban J connectivity index is 1.20. The lowest BCUT2D eigenvalue weighted by atomic mass is 10.2. The van der Waals surface area contributed by atoms with Gasteiger partial charge in [-0.1, -0.05) is 35.5 Å². The Morgan fingerprint density at radius 2 is 2.00 bits per heavy atom. The van der Waals surface area contributed by atoms with Crippen LogP contribution in [0, 0.1) is 0 Å². The highest BCUT2D eigenvalue weighted by Crippen LogP contribution is 2.39. The fourth-order valence-corrected chi connectivity index (χ4v) is 3.25. The van der Waals surface area contributed by atoms with E-state index in [1.807, 2.05) is 41.2 Å². The van der Waals surface area contributed by atoms with Crippen LogP contribution in [0.4, 0.5) is 4.79 Å². The van der Waals surface area contributed by atoms with Gasteiger partial charge in [0.25, 0.3) is 0 Å². The molecule has 1 aliphatic heterocycles. The maximum Gasteiger partial charge on any atom is 0.407 e. The maximum atomic E-state index is 12.3. The Hall–Kier alpha value is -2.90. The second-order valence-corrected chi connectivity index (χ2v) is 7.10. The number of aromatic nitrogens is 3. The van der Waals surface area contributed by atoms with Gasteiger partial charge in [0.2, 0.25) is 5.91 Å². The van der Waals surface area contributed by atoms with E-state index in [1.165, 1.54) is 12.8 Å². The van der Waals surface area contributed by atoms with Gasteiger partial charge in [-0.15, -0.1) is 5.10 Å². The molecule has 2 heterocycles. The third kappa shape index (κ3) is 4.45. The number of alkyl carbamates (subject to hydrolysis) is 1. The van der Waals surface area contributed by atoms with Crippen LogP contribution in [0.5, 0.6) is 0 Å². The summed E-state index contributed by atoms with van der Waals surface area (Å²) in [6.45, 7) is 1.36. The quantitative estimate of drug-likeness (QED) is 0.839. The molecule has 1 aromatic carbocycles. The van der Waals surface area contributed by atoms with E-state index >= 15 is 0 Å². The van der Waals surface area contributed by atoms with Gasteiger partial charge in [-0.25, -0.2) is 9.48 Å². The summed E-state index contributed by atoms with van der Waals surface area (Å²) in [5.41, 5.74) is 1.96. The second kappa shape index (κ2) is 7.77. The van der Waals surface area contributed by atoms with Crippen molar-refractivity contribution in [1.82, 2.24) is 25.2 Å². The van der Waals surface area contributed by atoms with Gasteiger partial charge >= 0.3 is 6.09 Å². The molecule has 1 saturated carbocycles. The van der Waals surface area contributed by atoms with Crippen molar-refractivity contribution in [2.24, 2.45) is 0 Å². The molecule has 1 atom stereocenters. The molecule has 2 aromatic rings. The number of amides is 2. The first-order chi connectivity index (χ1) is 13.2. The van der Waals surface area contributed by atoms with Crippen molar-refractivity contribution in [2.75, 3.05) is 19.6 Å². The molecule has 142 valence electrons. The summed E-state index contributed by atoms with van der Waals surface area (Å²) >= 11 is 0. The molecule has 2 fully saturated rings. The molecule has 1 aromatic heterocycles. The predicted octanol–water partition coefficient (Wildman–Crippen LogP) is 1.86. The zero-order valence-electron chi connectivity index (χ0n) is 15.1. The van der Waals surface area contributed by atoms with E-state index in [2.05, 4.69) is 15.6 Å². The average Bonchev–Trinajstić information content (AvgIpc) is 3.22. The first kappa shape index (κ1) is 17.5. The van der Waals surface area contributed by atoms with E-state index in [4.69, 9.17) is 4.74 Å². The van der Waals surface area contributed by atoms with Gasteiger partial charge in [-0.05, 0) is 24.8 Å². The van der Waals surface area contributed by atoms with Crippen LogP contribution >= 0.6 is 0 Å². The molecular weight excluding hydrogens is 346 g/mol. The molecule has 0 radical (unpaired) electrons. The van der Waals surface area contributed by atoms with Crippen LogP contribution in [0.25, 0.3) is 0 Å². The van der Waals surface area contributed by atoms with E-state index in [9.17, 15) is 9.59 Å². The number of hydrogen-bond donors (Lipinski definition) is 1. The topological polar surface area (TPSA) is 89.4 Å². The van der Waals surface area contributed by atoms with Crippen molar-refractivity contribution in [3.05, 3.63) is 47.8 Å². The standard InChI is InChI=1S/C19H23N5O3/c25-18(10-20-19(26)27-13-14-4-2-1-3-5-14)23-9-8-16(11-23)24-12-17(21-22-24)15-6-7-15/h1-5,12,15-16H,6-11,13H2,(H,20,26). The molecule has 1 unspecified atom stereocenters. The molecule has 0 spiro atoms. The van der Waals surface area contributed by atoms with E-state index in [0.717, 1.165) is 17.7 Å². The normalized spacial score (nSPS) is 19.1. The molecule has 0 bridgehead atoms. The monoisotopic (exact) mass is 369 g/mol. The molecule has 2 amide bonds. The minimum Gasteiger partial charge on any atom is -0.445 e. The summed E-state index contributed by atoms with van der Waals surface area (Å²) < 4.78 is 7.00.